The molecule has 144 valence electrons. The highest BCUT2D eigenvalue weighted by molar-refractivity contribution is 7.89. The van der Waals surface area contributed by atoms with Gasteiger partial charge < -0.3 is 15.0 Å². The molecule has 0 saturated carbocycles. The third kappa shape index (κ3) is 4.72. The molecule has 0 spiro atoms. The van der Waals surface area contributed by atoms with E-state index >= 15 is 0 Å². The van der Waals surface area contributed by atoms with Gasteiger partial charge in [0.05, 0.1) is 28.8 Å². The number of amides is 1. The van der Waals surface area contributed by atoms with Crippen molar-refractivity contribution in [2.75, 3.05) is 36.5 Å². The topological polar surface area (TPSA) is 102 Å². The minimum Gasteiger partial charge on any atom is -0.378 e. The van der Waals surface area contributed by atoms with Gasteiger partial charge in [-0.15, -0.1) is 0 Å². The van der Waals surface area contributed by atoms with Gasteiger partial charge >= 0.3 is 0 Å². The third-order valence-corrected chi connectivity index (χ3v) is 5.76. The molecule has 0 unspecified atom stereocenters. The van der Waals surface area contributed by atoms with Crippen molar-refractivity contribution in [3.05, 3.63) is 52.0 Å². The molecule has 1 amide bonds. The second kappa shape index (κ2) is 8.04. The van der Waals surface area contributed by atoms with E-state index in [4.69, 9.17) is 33.1 Å². The van der Waals surface area contributed by atoms with Crippen LogP contribution in [-0.2, 0) is 14.8 Å². The van der Waals surface area contributed by atoms with Crippen LogP contribution in [0.3, 0.4) is 0 Å². The summed E-state index contributed by atoms with van der Waals surface area (Å²) in [5.74, 6) is -0.569. The van der Waals surface area contributed by atoms with Crippen molar-refractivity contribution < 1.29 is 17.9 Å². The molecule has 3 rings (SSSR count). The quantitative estimate of drug-likeness (QED) is 0.777. The Morgan fingerprint density at radius 3 is 2.30 bits per heavy atom. The minimum absolute atomic E-state index is 0.0230. The highest BCUT2D eigenvalue weighted by Crippen LogP contribution is 2.29. The number of hydrogen-bond donors (Lipinski definition) is 2. The van der Waals surface area contributed by atoms with Crippen LogP contribution in [0.15, 0.2) is 41.3 Å². The van der Waals surface area contributed by atoms with E-state index in [9.17, 15) is 13.2 Å². The van der Waals surface area contributed by atoms with E-state index in [2.05, 4.69) is 10.2 Å². The summed E-state index contributed by atoms with van der Waals surface area (Å²) in [6.45, 7) is 2.98. The van der Waals surface area contributed by atoms with Gasteiger partial charge in [-0.05, 0) is 36.4 Å². The van der Waals surface area contributed by atoms with Crippen molar-refractivity contribution in [3.63, 3.8) is 0 Å². The molecule has 1 fully saturated rings. The molecule has 2 aromatic rings. The van der Waals surface area contributed by atoms with Crippen LogP contribution < -0.4 is 15.4 Å². The maximum Gasteiger partial charge on any atom is 0.257 e. The van der Waals surface area contributed by atoms with Crippen LogP contribution in [0.5, 0.6) is 0 Å². The predicted octanol–water partition coefficient (Wildman–Crippen LogP) is 2.73. The second-order valence-electron chi connectivity index (χ2n) is 5.91. The molecule has 1 aliphatic rings. The number of carbonyl (C=O) groups excluding carboxylic acids is 1. The van der Waals surface area contributed by atoms with Crippen LogP contribution >= 0.6 is 23.2 Å². The van der Waals surface area contributed by atoms with E-state index in [0.717, 1.165) is 24.8 Å². The maximum atomic E-state index is 12.5. The first kappa shape index (κ1) is 19.9. The van der Waals surface area contributed by atoms with Crippen LogP contribution in [0.25, 0.3) is 0 Å². The fraction of sp³-hybridized carbons (Fsp3) is 0.235. The van der Waals surface area contributed by atoms with E-state index in [1.165, 1.54) is 6.07 Å². The number of nitrogens with one attached hydrogen (secondary N) is 1. The lowest BCUT2D eigenvalue weighted by Crippen LogP contribution is -2.36. The molecule has 0 aliphatic carbocycles. The van der Waals surface area contributed by atoms with Gasteiger partial charge in [0.2, 0.25) is 10.0 Å². The standard InChI is InChI=1S/C17H17Cl2N3O4S/c18-14-10-15(19)16(27(20,24)25)9-13(14)17(23)21-11-1-3-12(4-2-11)22-5-7-26-8-6-22/h1-4,9-10H,5-8H2,(H,21,23)(H2,20,24,25). The van der Waals surface area contributed by atoms with E-state index in [-0.39, 0.29) is 20.5 Å². The number of ether oxygens (including phenoxy) is 1. The SMILES string of the molecule is NS(=O)(=O)c1cc(C(=O)Nc2ccc(N3CCOCC3)cc2)c(Cl)cc1Cl. The summed E-state index contributed by atoms with van der Waals surface area (Å²) in [6.07, 6.45) is 0. The van der Waals surface area contributed by atoms with E-state index in [1.54, 1.807) is 12.1 Å². The molecule has 0 radical (unpaired) electrons. The summed E-state index contributed by atoms with van der Waals surface area (Å²) in [5.41, 5.74) is 1.53. The fourth-order valence-electron chi connectivity index (χ4n) is 2.70. The summed E-state index contributed by atoms with van der Waals surface area (Å²) in [5, 5.41) is 7.68. The van der Waals surface area contributed by atoms with Gasteiger partial charge in [-0.25, -0.2) is 13.6 Å². The van der Waals surface area contributed by atoms with E-state index in [1.807, 2.05) is 12.1 Å². The van der Waals surface area contributed by atoms with Crippen molar-refractivity contribution in [2.45, 2.75) is 4.90 Å². The monoisotopic (exact) mass is 429 g/mol. The summed E-state index contributed by atoms with van der Waals surface area (Å²) >= 11 is 11.9. The highest BCUT2D eigenvalue weighted by Gasteiger charge is 2.20. The zero-order valence-electron chi connectivity index (χ0n) is 14.1. The van der Waals surface area contributed by atoms with E-state index in [0.29, 0.717) is 18.9 Å². The number of carbonyl (C=O) groups is 1. The van der Waals surface area contributed by atoms with Crippen molar-refractivity contribution >= 4 is 50.5 Å². The van der Waals surface area contributed by atoms with Crippen molar-refractivity contribution in [3.8, 4) is 0 Å². The molecule has 0 bridgehead atoms. The predicted molar refractivity (Wildman–Crippen MR) is 105 cm³/mol. The Morgan fingerprint density at radius 1 is 1.07 bits per heavy atom. The molecule has 1 heterocycles. The number of primary sulfonamides is 1. The van der Waals surface area contributed by atoms with Gasteiger partial charge in [0, 0.05) is 24.5 Å². The normalized spacial score (nSPS) is 14.9. The molecular formula is C17H17Cl2N3O4S. The van der Waals surface area contributed by atoms with Gasteiger partial charge in [0.15, 0.2) is 0 Å². The van der Waals surface area contributed by atoms with Crippen LogP contribution in [0.1, 0.15) is 10.4 Å². The molecular weight excluding hydrogens is 413 g/mol. The zero-order chi connectivity index (χ0) is 19.6. The Hall–Kier alpha value is -1.84. The second-order valence-corrected chi connectivity index (χ2v) is 8.25. The lowest BCUT2D eigenvalue weighted by molar-refractivity contribution is 0.102. The molecule has 27 heavy (non-hydrogen) atoms. The molecule has 2 aromatic carbocycles. The van der Waals surface area contributed by atoms with Crippen molar-refractivity contribution in [1.82, 2.24) is 0 Å². The summed E-state index contributed by atoms with van der Waals surface area (Å²) < 4.78 is 28.5. The first-order valence-corrected chi connectivity index (χ1v) is 10.3. The summed E-state index contributed by atoms with van der Waals surface area (Å²) in [6, 6.07) is 9.54. The molecule has 1 aliphatic heterocycles. The largest absolute Gasteiger partial charge is 0.378 e. The van der Waals surface area contributed by atoms with E-state index < -0.39 is 15.9 Å². The number of benzene rings is 2. The number of anilines is 2. The van der Waals surface area contributed by atoms with Gasteiger partial charge in [-0.3, -0.25) is 4.79 Å². The number of nitrogens with zero attached hydrogens (tertiary/aromatic N) is 1. The van der Waals surface area contributed by atoms with Crippen molar-refractivity contribution in [2.24, 2.45) is 5.14 Å². The lowest BCUT2D eigenvalue weighted by atomic mass is 10.2. The van der Waals surface area contributed by atoms with Crippen molar-refractivity contribution in [1.29, 1.82) is 0 Å². The summed E-state index contributed by atoms with van der Waals surface area (Å²) in [4.78, 5) is 14.3. The maximum absolute atomic E-state index is 12.5. The van der Waals surface area contributed by atoms with Gasteiger partial charge in [-0.2, -0.15) is 0 Å². The first-order chi connectivity index (χ1) is 12.8. The van der Waals surface area contributed by atoms with Gasteiger partial charge in [0.25, 0.3) is 5.91 Å². The average Bonchev–Trinajstić information content (AvgIpc) is 2.62. The molecule has 7 nitrogen and oxygen atoms in total. The Labute approximate surface area is 167 Å². The molecule has 1 saturated heterocycles. The zero-order valence-corrected chi connectivity index (χ0v) is 16.4. The Morgan fingerprint density at radius 2 is 1.70 bits per heavy atom. The number of rotatable bonds is 4. The van der Waals surface area contributed by atoms with Gasteiger partial charge in [0.1, 0.15) is 4.90 Å². The molecule has 0 aromatic heterocycles. The summed E-state index contributed by atoms with van der Waals surface area (Å²) in [7, 11) is -4.08. The Kier molecular flexibility index (Phi) is 5.92. The van der Waals surface area contributed by atoms with Crippen LogP contribution in [0.4, 0.5) is 11.4 Å². The fourth-order valence-corrected chi connectivity index (χ4v) is 4.10. The third-order valence-electron chi connectivity index (χ3n) is 4.07. The Bertz CT molecular complexity index is 959. The van der Waals surface area contributed by atoms with Gasteiger partial charge in [-0.1, -0.05) is 23.2 Å². The van der Waals surface area contributed by atoms with Crippen LogP contribution in [-0.4, -0.2) is 40.6 Å². The average molecular weight is 430 g/mol. The smallest absolute Gasteiger partial charge is 0.257 e. The minimum atomic E-state index is -4.08. The number of sulfonamides is 1. The number of hydrogen-bond acceptors (Lipinski definition) is 5. The first-order valence-electron chi connectivity index (χ1n) is 8.01. The number of nitrogens with two attached hydrogens (primary N) is 1. The molecule has 10 heteroatoms. The number of morpholine rings is 1. The lowest BCUT2D eigenvalue weighted by Gasteiger charge is -2.28. The Balaban J connectivity index is 1.79. The molecule has 3 N–H and O–H groups in total. The highest BCUT2D eigenvalue weighted by atomic mass is 35.5. The number of halogens is 2. The molecule has 0 atom stereocenters. The van der Waals surface area contributed by atoms with Crippen LogP contribution in [0.2, 0.25) is 10.0 Å². The van der Waals surface area contributed by atoms with Crippen LogP contribution in [0, 0.1) is 0 Å².